The minimum Gasteiger partial charge on any atom is -0.481 e. The Morgan fingerprint density at radius 3 is 2.59 bits per heavy atom. The molecule has 1 aliphatic carbocycles. The molecule has 168 valence electrons. The van der Waals surface area contributed by atoms with Gasteiger partial charge in [-0.15, -0.1) is 0 Å². The smallest absolute Gasteiger partial charge is 0.308 e. The van der Waals surface area contributed by atoms with Crippen molar-refractivity contribution in [3.05, 3.63) is 12.2 Å². The standard InChI is InChI=1S/C23H40O5S/c1-2-3-4-5-6-9-13-20-19(21(26)16-22(20)29-15-14-24)12-10-7-8-11-18(17-25)23(27)28/h9,13,18-20,22,24-25H,2-8,10-12,14-17H2,1H3,(H,27,28)/t18?,19-,20-,22+/m1/s1. The minimum atomic E-state index is -0.939. The fourth-order valence-electron chi connectivity index (χ4n) is 4.11. The van der Waals surface area contributed by atoms with Gasteiger partial charge in [0.25, 0.3) is 0 Å². The van der Waals surface area contributed by atoms with Crippen LogP contribution < -0.4 is 0 Å². The summed E-state index contributed by atoms with van der Waals surface area (Å²) in [6.45, 7) is 2.04. The van der Waals surface area contributed by atoms with Crippen LogP contribution >= 0.6 is 11.8 Å². The molecule has 1 aliphatic rings. The van der Waals surface area contributed by atoms with E-state index in [-0.39, 0.29) is 30.3 Å². The van der Waals surface area contributed by atoms with E-state index >= 15 is 0 Å². The highest BCUT2D eigenvalue weighted by atomic mass is 32.2. The van der Waals surface area contributed by atoms with Crippen LogP contribution in [0.1, 0.15) is 77.6 Å². The van der Waals surface area contributed by atoms with Crippen molar-refractivity contribution in [2.45, 2.75) is 82.8 Å². The zero-order chi connectivity index (χ0) is 21.5. The second-order valence-corrected chi connectivity index (χ2v) is 9.47. The lowest BCUT2D eigenvalue weighted by molar-refractivity contribution is -0.143. The van der Waals surface area contributed by atoms with E-state index in [1.54, 1.807) is 11.8 Å². The molecule has 0 heterocycles. The van der Waals surface area contributed by atoms with Crippen molar-refractivity contribution >= 4 is 23.5 Å². The maximum Gasteiger partial charge on any atom is 0.308 e. The fraction of sp³-hybridized carbons (Fsp3) is 0.826. The molecular weight excluding hydrogens is 388 g/mol. The Morgan fingerprint density at radius 1 is 1.17 bits per heavy atom. The lowest BCUT2D eigenvalue weighted by atomic mass is 9.89. The van der Waals surface area contributed by atoms with Gasteiger partial charge in [-0.2, -0.15) is 11.8 Å². The number of hydrogen-bond donors (Lipinski definition) is 3. The molecule has 0 aromatic heterocycles. The van der Waals surface area contributed by atoms with E-state index in [4.69, 9.17) is 15.3 Å². The van der Waals surface area contributed by atoms with E-state index in [1.165, 1.54) is 25.7 Å². The highest BCUT2D eigenvalue weighted by Gasteiger charge is 2.40. The fourth-order valence-corrected chi connectivity index (χ4v) is 5.30. The van der Waals surface area contributed by atoms with Gasteiger partial charge in [0.15, 0.2) is 0 Å². The van der Waals surface area contributed by atoms with Gasteiger partial charge >= 0.3 is 5.97 Å². The van der Waals surface area contributed by atoms with Crippen LogP contribution in [0.4, 0.5) is 0 Å². The van der Waals surface area contributed by atoms with Crippen LogP contribution in [0.5, 0.6) is 0 Å². The van der Waals surface area contributed by atoms with Crippen LogP contribution in [0, 0.1) is 17.8 Å². The van der Waals surface area contributed by atoms with E-state index in [1.807, 2.05) is 0 Å². The zero-order valence-corrected chi connectivity index (χ0v) is 18.7. The Hall–Kier alpha value is -0.850. The van der Waals surface area contributed by atoms with E-state index in [0.717, 1.165) is 32.1 Å². The molecule has 0 aliphatic heterocycles. The molecule has 6 heteroatoms. The monoisotopic (exact) mass is 428 g/mol. The molecule has 0 aromatic rings. The second kappa shape index (κ2) is 15.9. The Labute approximate surface area is 180 Å². The number of rotatable bonds is 17. The van der Waals surface area contributed by atoms with Gasteiger partial charge in [0.05, 0.1) is 19.1 Å². The number of ketones is 1. The third kappa shape index (κ3) is 10.1. The lowest BCUT2D eigenvalue weighted by Crippen LogP contribution is -2.18. The number of aliphatic hydroxyl groups is 2. The number of unbranched alkanes of at least 4 members (excludes halogenated alkanes) is 6. The molecule has 1 saturated carbocycles. The molecule has 0 aromatic carbocycles. The van der Waals surface area contributed by atoms with Crippen molar-refractivity contribution in [3.63, 3.8) is 0 Å². The number of carboxylic acid groups (broad SMARTS) is 1. The first kappa shape index (κ1) is 26.2. The molecule has 1 rings (SSSR count). The van der Waals surface area contributed by atoms with Crippen LogP contribution in [0.3, 0.4) is 0 Å². The Balaban J connectivity index is 2.51. The Morgan fingerprint density at radius 2 is 1.93 bits per heavy atom. The molecule has 1 fully saturated rings. The van der Waals surface area contributed by atoms with E-state index in [0.29, 0.717) is 24.4 Å². The summed E-state index contributed by atoms with van der Waals surface area (Å²) in [5.41, 5.74) is 0. The minimum absolute atomic E-state index is 0.0474. The van der Waals surface area contributed by atoms with Gasteiger partial charge in [-0.25, -0.2) is 0 Å². The first-order valence-electron chi connectivity index (χ1n) is 11.3. The van der Waals surface area contributed by atoms with Crippen LogP contribution in [0.2, 0.25) is 0 Å². The Kier molecular flexibility index (Phi) is 14.4. The molecule has 29 heavy (non-hydrogen) atoms. The molecule has 0 radical (unpaired) electrons. The van der Waals surface area contributed by atoms with E-state index in [2.05, 4.69) is 19.1 Å². The number of allylic oxidation sites excluding steroid dienone is 2. The van der Waals surface area contributed by atoms with Gasteiger partial charge in [-0.1, -0.05) is 57.6 Å². The Bertz CT molecular complexity index is 494. The number of aliphatic carboxylic acids is 1. The van der Waals surface area contributed by atoms with Gasteiger partial charge in [-0.3, -0.25) is 9.59 Å². The summed E-state index contributed by atoms with van der Waals surface area (Å²) in [6, 6.07) is 0. The largest absolute Gasteiger partial charge is 0.481 e. The third-order valence-corrected chi connectivity index (χ3v) is 7.18. The van der Waals surface area contributed by atoms with Gasteiger partial charge in [0.2, 0.25) is 0 Å². The molecule has 0 bridgehead atoms. The van der Waals surface area contributed by atoms with Crippen molar-refractivity contribution < 1.29 is 24.9 Å². The van der Waals surface area contributed by atoms with Crippen LogP contribution in [0.25, 0.3) is 0 Å². The van der Waals surface area contributed by atoms with Crippen LogP contribution in [-0.4, -0.2) is 51.3 Å². The average Bonchev–Trinajstić information content (AvgIpc) is 3.00. The summed E-state index contributed by atoms with van der Waals surface area (Å²) in [6.07, 6.45) is 15.0. The molecule has 4 atom stereocenters. The predicted molar refractivity (Wildman–Crippen MR) is 119 cm³/mol. The van der Waals surface area contributed by atoms with Crippen LogP contribution in [-0.2, 0) is 9.59 Å². The van der Waals surface area contributed by atoms with Gasteiger partial charge in [0.1, 0.15) is 5.78 Å². The highest BCUT2D eigenvalue weighted by Crippen LogP contribution is 2.40. The molecule has 0 spiro atoms. The summed E-state index contributed by atoms with van der Waals surface area (Å²) in [5, 5.41) is 27.5. The molecule has 0 amide bonds. The van der Waals surface area contributed by atoms with Crippen molar-refractivity contribution in [1.82, 2.24) is 0 Å². The topological polar surface area (TPSA) is 94.8 Å². The quantitative estimate of drug-likeness (QED) is 0.234. The number of carbonyl (C=O) groups excluding carboxylic acids is 1. The maximum absolute atomic E-state index is 12.6. The van der Waals surface area contributed by atoms with Crippen molar-refractivity contribution in [1.29, 1.82) is 0 Å². The number of thioether (sulfide) groups is 1. The van der Waals surface area contributed by atoms with Gasteiger partial charge in [-0.05, 0) is 31.6 Å². The number of Topliss-reactive ketones (excluding diaryl/α,β-unsaturated/α-hetero) is 1. The first-order valence-corrected chi connectivity index (χ1v) is 12.4. The zero-order valence-electron chi connectivity index (χ0n) is 17.9. The predicted octanol–water partition coefficient (Wildman–Crippen LogP) is 4.46. The average molecular weight is 429 g/mol. The first-order chi connectivity index (χ1) is 14.0. The van der Waals surface area contributed by atoms with Crippen molar-refractivity contribution in [2.75, 3.05) is 19.0 Å². The number of hydrogen-bond acceptors (Lipinski definition) is 5. The van der Waals surface area contributed by atoms with Crippen molar-refractivity contribution in [2.24, 2.45) is 17.8 Å². The summed E-state index contributed by atoms with van der Waals surface area (Å²) in [4.78, 5) is 23.6. The normalized spacial score (nSPS) is 23.1. The molecule has 3 N–H and O–H groups in total. The summed E-state index contributed by atoms with van der Waals surface area (Å²) >= 11 is 1.71. The van der Waals surface area contributed by atoms with Gasteiger partial charge < -0.3 is 15.3 Å². The van der Waals surface area contributed by atoms with E-state index in [9.17, 15) is 9.59 Å². The van der Waals surface area contributed by atoms with E-state index < -0.39 is 11.9 Å². The number of carboxylic acids is 1. The third-order valence-electron chi connectivity index (χ3n) is 5.85. The summed E-state index contributed by atoms with van der Waals surface area (Å²) < 4.78 is 0. The van der Waals surface area contributed by atoms with Gasteiger partial charge in [0, 0.05) is 23.3 Å². The summed E-state index contributed by atoms with van der Waals surface area (Å²) in [5.74, 6) is -0.318. The van der Waals surface area contributed by atoms with Crippen molar-refractivity contribution in [3.8, 4) is 0 Å². The highest BCUT2D eigenvalue weighted by molar-refractivity contribution is 8.00. The SMILES string of the molecule is CCCCCCC=C[C@H]1[C@@H](SCCO)CC(=O)[C@@H]1CCCCCC(CO)C(=O)O. The summed E-state index contributed by atoms with van der Waals surface area (Å²) in [7, 11) is 0. The van der Waals surface area contributed by atoms with Crippen LogP contribution in [0.15, 0.2) is 12.2 Å². The number of carbonyl (C=O) groups is 2. The molecule has 1 unspecified atom stereocenters. The second-order valence-electron chi connectivity index (χ2n) is 8.12. The number of aliphatic hydroxyl groups excluding tert-OH is 2. The molecule has 0 saturated heterocycles. The molecular formula is C23H40O5S. The maximum atomic E-state index is 12.6. The lowest BCUT2D eigenvalue weighted by Gasteiger charge is -2.20. The molecule has 5 nitrogen and oxygen atoms in total.